The fourth-order valence-corrected chi connectivity index (χ4v) is 5.64. The van der Waals surface area contributed by atoms with Gasteiger partial charge < -0.3 is 19.7 Å². The predicted octanol–water partition coefficient (Wildman–Crippen LogP) is 5.59. The van der Waals surface area contributed by atoms with Crippen molar-refractivity contribution in [2.24, 2.45) is 0 Å². The van der Waals surface area contributed by atoms with E-state index < -0.39 is 0 Å². The number of benzene rings is 1. The highest BCUT2D eigenvalue weighted by molar-refractivity contribution is 7.20. The van der Waals surface area contributed by atoms with Gasteiger partial charge in [0.25, 0.3) is 0 Å². The molecule has 3 aromatic heterocycles. The Hall–Kier alpha value is -3.91. The van der Waals surface area contributed by atoms with Crippen LogP contribution in [-0.4, -0.2) is 57.7 Å². The van der Waals surface area contributed by atoms with Crippen LogP contribution < -0.4 is 15.4 Å². The molecule has 0 bridgehead atoms. The number of hydrogen-bond donors (Lipinski definition) is 2. The smallest absolute Gasteiger partial charge is 0.410 e. The molecular weight excluding hydrogens is 536 g/mol. The molecular formula is C28H25ClN6O3S. The number of nitrogens with one attached hydrogen (secondary N) is 2. The molecule has 2 aliphatic heterocycles. The number of amides is 1. The van der Waals surface area contributed by atoms with Gasteiger partial charge in [0.05, 0.1) is 26.2 Å². The molecule has 2 N–H and O–H groups in total. The molecule has 2 atom stereocenters. The third-order valence-corrected chi connectivity index (χ3v) is 7.79. The number of nitrogens with zero attached hydrogens (tertiary/aromatic N) is 4. The van der Waals surface area contributed by atoms with Gasteiger partial charge in [-0.15, -0.1) is 11.3 Å². The molecule has 11 heteroatoms. The summed E-state index contributed by atoms with van der Waals surface area (Å²) in [4.78, 5) is 27.9. The standard InChI is InChI=1S/C28H25ClN6O3S/c29-22-14-19(7-9-24(22)38-25-5-1-2-10-30-25)34-27-26-23(32-17-33-27)15-21(39-26)8-6-18-13-20(16-31-18)37-28(36)35-11-3-4-12-35/h1-2,5,7,9-10,14-15,17-18,20,31H,3-4,11-13,16H2,(H,32,33,34)/t18-,20-/m0/s1. The van der Waals surface area contributed by atoms with Crippen LogP contribution in [-0.2, 0) is 4.74 Å². The molecule has 198 valence electrons. The Kier molecular flexibility index (Phi) is 7.45. The van der Waals surface area contributed by atoms with Crippen LogP contribution in [0.15, 0.2) is 55.0 Å². The van der Waals surface area contributed by atoms with Crippen molar-refractivity contribution in [2.75, 3.05) is 25.0 Å². The number of anilines is 2. The Bertz CT molecular complexity index is 1550. The number of hydrogen-bond acceptors (Lipinski definition) is 9. The molecule has 0 radical (unpaired) electrons. The van der Waals surface area contributed by atoms with Gasteiger partial charge in [-0.3, -0.25) is 5.32 Å². The third-order valence-electron chi connectivity index (χ3n) is 6.45. The predicted molar refractivity (Wildman–Crippen MR) is 151 cm³/mol. The van der Waals surface area contributed by atoms with Gasteiger partial charge in [-0.05, 0) is 43.2 Å². The summed E-state index contributed by atoms with van der Waals surface area (Å²) < 4.78 is 12.3. The molecule has 1 aromatic carbocycles. The van der Waals surface area contributed by atoms with Gasteiger partial charge in [0.1, 0.15) is 18.2 Å². The Balaban J connectivity index is 1.11. The SMILES string of the molecule is O=C(O[C@@H]1CN[C@@H](C#Cc2cc3ncnc(Nc4ccc(Oc5ccccn5)c(Cl)c4)c3s2)C1)N1CCCC1. The Labute approximate surface area is 234 Å². The molecule has 0 saturated carbocycles. The largest absolute Gasteiger partial charge is 0.445 e. The van der Waals surface area contributed by atoms with Crippen LogP contribution in [0, 0.1) is 11.8 Å². The average molecular weight is 561 g/mol. The van der Waals surface area contributed by atoms with Gasteiger partial charge in [-0.2, -0.15) is 0 Å². The fraction of sp³-hybridized carbons (Fsp3) is 0.286. The molecule has 0 aliphatic carbocycles. The van der Waals surface area contributed by atoms with Gasteiger partial charge >= 0.3 is 6.09 Å². The van der Waals surface area contributed by atoms with Gasteiger partial charge in [0.15, 0.2) is 5.82 Å². The summed E-state index contributed by atoms with van der Waals surface area (Å²) in [7, 11) is 0. The van der Waals surface area contributed by atoms with Gasteiger partial charge in [0.2, 0.25) is 5.88 Å². The molecule has 0 spiro atoms. The number of aromatic nitrogens is 3. The minimum absolute atomic E-state index is 0.0377. The maximum Gasteiger partial charge on any atom is 0.410 e. The number of halogens is 1. The van der Waals surface area contributed by atoms with E-state index in [-0.39, 0.29) is 18.2 Å². The van der Waals surface area contributed by atoms with Crippen LogP contribution >= 0.6 is 22.9 Å². The van der Waals surface area contributed by atoms with Gasteiger partial charge in [-0.25, -0.2) is 19.7 Å². The fourth-order valence-electron chi connectivity index (χ4n) is 4.50. The van der Waals surface area contributed by atoms with E-state index in [4.69, 9.17) is 21.1 Å². The highest BCUT2D eigenvalue weighted by Gasteiger charge is 2.28. The molecule has 2 fully saturated rings. The van der Waals surface area contributed by atoms with Crippen LogP contribution in [0.4, 0.5) is 16.3 Å². The summed E-state index contributed by atoms with van der Waals surface area (Å²) in [6, 6.07) is 12.8. The number of likely N-dealkylation sites (tertiary alicyclic amines) is 1. The number of carbonyl (C=O) groups is 1. The zero-order valence-corrected chi connectivity index (χ0v) is 22.5. The molecule has 4 aromatic rings. The van der Waals surface area contributed by atoms with E-state index in [1.165, 1.54) is 17.7 Å². The molecule has 6 rings (SSSR count). The van der Waals surface area contributed by atoms with Crippen molar-refractivity contribution in [3.8, 4) is 23.5 Å². The van der Waals surface area contributed by atoms with E-state index in [9.17, 15) is 4.79 Å². The van der Waals surface area contributed by atoms with Crippen LogP contribution in [0.25, 0.3) is 10.2 Å². The normalized spacial score (nSPS) is 18.5. The van der Waals surface area contributed by atoms with E-state index in [1.54, 1.807) is 29.3 Å². The second-order valence-corrected chi connectivity index (χ2v) is 10.7. The first-order valence-corrected chi connectivity index (χ1v) is 13.9. The maximum atomic E-state index is 12.3. The molecule has 1 amide bonds. The Morgan fingerprint density at radius 2 is 2.05 bits per heavy atom. The van der Waals surface area contributed by atoms with Crippen molar-refractivity contribution in [3.63, 3.8) is 0 Å². The number of rotatable bonds is 5. The van der Waals surface area contributed by atoms with E-state index >= 15 is 0 Å². The first kappa shape index (κ1) is 25.4. The second-order valence-electron chi connectivity index (χ2n) is 9.25. The number of fused-ring (bicyclic) bond motifs is 1. The lowest BCUT2D eigenvalue weighted by molar-refractivity contribution is 0.0763. The second kappa shape index (κ2) is 11.5. The quantitative estimate of drug-likeness (QED) is 0.305. The highest BCUT2D eigenvalue weighted by Crippen LogP contribution is 2.34. The summed E-state index contributed by atoms with van der Waals surface area (Å²) >= 11 is 7.98. The monoisotopic (exact) mass is 560 g/mol. The first-order chi connectivity index (χ1) is 19.1. The van der Waals surface area contributed by atoms with Gasteiger partial charge in [-0.1, -0.05) is 29.5 Å². The summed E-state index contributed by atoms with van der Waals surface area (Å²) in [5.41, 5.74) is 1.57. The maximum absolute atomic E-state index is 12.3. The first-order valence-electron chi connectivity index (χ1n) is 12.7. The van der Waals surface area contributed by atoms with Crippen LogP contribution in [0.2, 0.25) is 5.02 Å². The molecule has 9 nitrogen and oxygen atoms in total. The zero-order chi connectivity index (χ0) is 26.6. The lowest BCUT2D eigenvalue weighted by atomic mass is 10.2. The molecule has 0 unspecified atom stereocenters. The molecule has 39 heavy (non-hydrogen) atoms. The minimum atomic E-state index is -0.215. The van der Waals surface area contributed by atoms with Crippen molar-refractivity contribution in [2.45, 2.75) is 31.4 Å². The Morgan fingerprint density at radius 1 is 1.15 bits per heavy atom. The van der Waals surface area contributed by atoms with Crippen LogP contribution in [0.1, 0.15) is 24.1 Å². The lowest BCUT2D eigenvalue weighted by Crippen LogP contribution is -2.32. The van der Waals surface area contributed by atoms with E-state index in [0.29, 0.717) is 35.4 Å². The van der Waals surface area contributed by atoms with Crippen molar-refractivity contribution in [3.05, 3.63) is 64.9 Å². The Morgan fingerprint density at radius 3 is 2.87 bits per heavy atom. The topological polar surface area (TPSA) is 102 Å². The summed E-state index contributed by atoms with van der Waals surface area (Å²) in [6.45, 7) is 2.18. The van der Waals surface area contributed by atoms with Gasteiger partial charge in [0, 0.05) is 44.0 Å². The van der Waals surface area contributed by atoms with Crippen molar-refractivity contribution < 1.29 is 14.3 Å². The lowest BCUT2D eigenvalue weighted by Gasteiger charge is -2.18. The van der Waals surface area contributed by atoms with E-state index in [1.807, 2.05) is 24.3 Å². The number of carbonyl (C=O) groups excluding carboxylic acids is 1. The summed E-state index contributed by atoms with van der Waals surface area (Å²) in [5.74, 6) is 8.17. The summed E-state index contributed by atoms with van der Waals surface area (Å²) in [5, 5.41) is 7.12. The summed E-state index contributed by atoms with van der Waals surface area (Å²) in [6.07, 6.45) is 5.57. The van der Waals surface area contributed by atoms with E-state index in [0.717, 1.165) is 46.7 Å². The highest BCUT2D eigenvalue weighted by atomic mass is 35.5. The minimum Gasteiger partial charge on any atom is -0.445 e. The molecule has 5 heterocycles. The number of thiophene rings is 1. The van der Waals surface area contributed by atoms with Crippen molar-refractivity contribution >= 4 is 50.8 Å². The van der Waals surface area contributed by atoms with Crippen LogP contribution in [0.3, 0.4) is 0 Å². The number of pyridine rings is 1. The number of ether oxygens (including phenoxy) is 2. The van der Waals surface area contributed by atoms with Crippen molar-refractivity contribution in [1.82, 2.24) is 25.2 Å². The van der Waals surface area contributed by atoms with Crippen molar-refractivity contribution in [1.29, 1.82) is 0 Å². The van der Waals surface area contributed by atoms with E-state index in [2.05, 4.69) is 37.4 Å². The third kappa shape index (κ3) is 6.06. The average Bonchev–Trinajstić information content (AvgIpc) is 3.71. The van der Waals surface area contributed by atoms with Crippen LogP contribution in [0.5, 0.6) is 11.6 Å². The molecule has 2 aliphatic rings. The molecule has 2 saturated heterocycles. The zero-order valence-electron chi connectivity index (χ0n) is 20.9.